The fourth-order valence-corrected chi connectivity index (χ4v) is 1.73. The number of rotatable bonds is 7. The highest BCUT2D eigenvalue weighted by Crippen LogP contribution is 2.10. The van der Waals surface area contributed by atoms with Gasteiger partial charge in [-0.3, -0.25) is 0 Å². The maximum atomic E-state index is 5.64. The number of hydrogen-bond acceptors (Lipinski definition) is 4. The van der Waals surface area contributed by atoms with Gasteiger partial charge in [0.25, 0.3) is 0 Å². The van der Waals surface area contributed by atoms with Crippen molar-refractivity contribution < 1.29 is 4.74 Å². The first-order valence-corrected chi connectivity index (χ1v) is 6.27. The standard InChI is InChI=1S/C13H23N3O/c1-5-6-10(2)9-17-13-15-11(3)7-12(16-13)8-14-4/h7,10,14H,5-6,8-9H2,1-4H3. The summed E-state index contributed by atoms with van der Waals surface area (Å²) in [6.45, 7) is 7.77. The molecule has 0 saturated carbocycles. The number of hydrogen-bond donors (Lipinski definition) is 1. The zero-order chi connectivity index (χ0) is 12.7. The Morgan fingerprint density at radius 2 is 2.18 bits per heavy atom. The fourth-order valence-electron chi connectivity index (χ4n) is 1.73. The summed E-state index contributed by atoms with van der Waals surface area (Å²) in [5.41, 5.74) is 1.92. The van der Waals surface area contributed by atoms with Crippen LogP contribution in [0.2, 0.25) is 0 Å². The minimum absolute atomic E-state index is 0.498. The van der Waals surface area contributed by atoms with Gasteiger partial charge in [0.2, 0.25) is 0 Å². The van der Waals surface area contributed by atoms with Crippen molar-refractivity contribution >= 4 is 0 Å². The Morgan fingerprint density at radius 3 is 2.82 bits per heavy atom. The smallest absolute Gasteiger partial charge is 0.316 e. The van der Waals surface area contributed by atoms with Gasteiger partial charge in [-0.25, -0.2) is 4.98 Å². The molecule has 0 amide bonds. The van der Waals surface area contributed by atoms with Crippen molar-refractivity contribution in [2.75, 3.05) is 13.7 Å². The van der Waals surface area contributed by atoms with Crippen molar-refractivity contribution in [3.63, 3.8) is 0 Å². The first-order valence-electron chi connectivity index (χ1n) is 6.27. The molecule has 96 valence electrons. The van der Waals surface area contributed by atoms with Gasteiger partial charge < -0.3 is 10.1 Å². The maximum absolute atomic E-state index is 5.64. The van der Waals surface area contributed by atoms with Crippen molar-refractivity contribution in [2.45, 2.75) is 40.2 Å². The van der Waals surface area contributed by atoms with Gasteiger partial charge in [-0.05, 0) is 32.4 Å². The Kier molecular flexibility index (Phi) is 5.91. The van der Waals surface area contributed by atoms with Crippen LogP contribution in [0.3, 0.4) is 0 Å². The third-order valence-corrected chi connectivity index (χ3v) is 2.52. The summed E-state index contributed by atoms with van der Waals surface area (Å²) in [5, 5.41) is 3.08. The second kappa shape index (κ2) is 7.22. The van der Waals surface area contributed by atoms with Crippen LogP contribution in [0, 0.1) is 12.8 Å². The van der Waals surface area contributed by atoms with Crippen LogP contribution in [-0.2, 0) is 6.54 Å². The van der Waals surface area contributed by atoms with Crippen LogP contribution in [0.1, 0.15) is 38.1 Å². The number of ether oxygens (including phenoxy) is 1. The number of nitrogens with one attached hydrogen (secondary N) is 1. The van der Waals surface area contributed by atoms with Crippen LogP contribution >= 0.6 is 0 Å². The lowest BCUT2D eigenvalue weighted by molar-refractivity contribution is 0.232. The van der Waals surface area contributed by atoms with Crippen LogP contribution < -0.4 is 10.1 Å². The van der Waals surface area contributed by atoms with Gasteiger partial charge in [-0.2, -0.15) is 4.98 Å². The lowest BCUT2D eigenvalue weighted by atomic mass is 10.1. The Hall–Kier alpha value is -1.16. The van der Waals surface area contributed by atoms with Gasteiger partial charge in [0.05, 0.1) is 12.3 Å². The molecule has 4 nitrogen and oxygen atoms in total. The molecular formula is C13H23N3O. The summed E-state index contributed by atoms with van der Waals surface area (Å²) >= 11 is 0. The highest BCUT2D eigenvalue weighted by molar-refractivity contribution is 5.12. The molecule has 0 spiro atoms. The molecule has 0 saturated heterocycles. The fraction of sp³-hybridized carbons (Fsp3) is 0.692. The third-order valence-electron chi connectivity index (χ3n) is 2.52. The van der Waals surface area contributed by atoms with Crippen LogP contribution in [0.25, 0.3) is 0 Å². The first kappa shape index (κ1) is 13.9. The molecule has 1 unspecified atom stereocenters. The van der Waals surface area contributed by atoms with Crippen LogP contribution in [0.5, 0.6) is 6.01 Å². The molecule has 0 radical (unpaired) electrons. The third kappa shape index (κ3) is 5.13. The minimum atomic E-state index is 0.498. The van der Waals surface area contributed by atoms with Gasteiger partial charge >= 0.3 is 6.01 Å². The lowest BCUT2D eigenvalue weighted by Gasteiger charge is -2.11. The first-order chi connectivity index (χ1) is 8.15. The van der Waals surface area contributed by atoms with Gasteiger partial charge in [-0.15, -0.1) is 0 Å². The molecule has 0 bridgehead atoms. The molecule has 1 rings (SSSR count). The van der Waals surface area contributed by atoms with E-state index in [-0.39, 0.29) is 0 Å². The monoisotopic (exact) mass is 237 g/mol. The molecule has 1 N–H and O–H groups in total. The molecule has 0 aliphatic carbocycles. The zero-order valence-electron chi connectivity index (χ0n) is 11.3. The van der Waals surface area contributed by atoms with Gasteiger partial charge in [0, 0.05) is 12.2 Å². The highest BCUT2D eigenvalue weighted by Gasteiger charge is 2.06. The van der Waals surface area contributed by atoms with Crippen molar-refractivity contribution in [1.29, 1.82) is 0 Å². The predicted molar refractivity (Wildman–Crippen MR) is 69.1 cm³/mol. The van der Waals surface area contributed by atoms with E-state index in [0.29, 0.717) is 18.5 Å². The van der Waals surface area contributed by atoms with E-state index in [1.165, 1.54) is 12.8 Å². The summed E-state index contributed by atoms with van der Waals surface area (Å²) in [7, 11) is 1.90. The van der Waals surface area contributed by atoms with Gasteiger partial charge in [-0.1, -0.05) is 20.3 Å². The molecule has 1 atom stereocenters. The van der Waals surface area contributed by atoms with Crippen molar-refractivity contribution in [3.8, 4) is 6.01 Å². The normalized spacial score (nSPS) is 12.5. The topological polar surface area (TPSA) is 47.0 Å². The van der Waals surface area contributed by atoms with E-state index in [4.69, 9.17) is 4.74 Å². The summed E-state index contributed by atoms with van der Waals surface area (Å²) in [5.74, 6) is 0.553. The summed E-state index contributed by atoms with van der Waals surface area (Å²) in [4.78, 5) is 8.65. The van der Waals surface area contributed by atoms with Crippen LogP contribution in [-0.4, -0.2) is 23.6 Å². The van der Waals surface area contributed by atoms with Gasteiger partial charge in [0.1, 0.15) is 0 Å². The highest BCUT2D eigenvalue weighted by atomic mass is 16.5. The average molecular weight is 237 g/mol. The molecule has 0 aliphatic rings. The average Bonchev–Trinajstić information content (AvgIpc) is 2.26. The molecule has 17 heavy (non-hydrogen) atoms. The van der Waals surface area contributed by atoms with Crippen molar-refractivity contribution in [2.24, 2.45) is 5.92 Å². The van der Waals surface area contributed by atoms with E-state index < -0.39 is 0 Å². The molecule has 1 aromatic rings. The molecule has 4 heteroatoms. The summed E-state index contributed by atoms with van der Waals surface area (Å²) in [6.07, 6.45) is 2.36. The number of nitrogens with zero attached hydrogens (tertiary/aromatic N) is 2. The molecule has 1 heterocycles. The lowest BCUT2D eigenvalue weighted by Crippen LogP contribution is -2.13. The van der Waals surface area contributed by atoms with Crippen molar-refractivity contribution in [1.82, 2.24) is 15.3 Å². The molecule has 0 aromatic carbocycles. The second-order valence-corrected chi connectivity index (χ2v) is 4.52. The number of aryl methyl sites for hydroxylation is 1. The summed E-state index contributed by atoms with van der Waals surface area (Å²) < 4.78 is 5.64. The van der Waals surface area contributed by atoms with Crippen LogP contribution in [0.15, 0.2) is 6.07 Å². The van der Waals surface area contributed by atoms with E-state index in [9.17, 15) is 0 Å². The van der Waals surface area contributed by atoms with Crippen LogP contribution in [0.4, 0.5) is 0 Å². The molecular weight excluding hydrogens is 214 g/mol. The molecule has 0 aliphatic heterocycles. The Balaban J connectivity index is 2.57. The quantitative estimate of drug-likeness (QED) is 0.790. The van der Waals surface area contributed by atoms with Gasteiger partial charge in [0.15, 0.2) is 0 Å². The SMILES string of the molecule is CCCC(C)COc1nc(C)cc(CNC)n1. The zero-order valence-corrected chi connectivity index (χ0v) is 11.3. The van der Waals surface area contributed by atoms with E-state index in [1.54, 1.807) is 0 Å². The van der Waals surface area contributed by atoms with Crippen molar-refractivity contribution in [3.05, 3.63) is 17.5 Å². The van der Waals surface area contributed by atoms with E-state index in [1.807, 2.05) is 20.0 Å². The minimum Gasteiger partial charge on any atom is -0.463 e. The Morgan fingerprint density at radius 1 is 1.41 bits per heavy atom. The number of aromatic nitrogens is 2. The Labute approximate surface area is 104 Å². The van der Waals surface area contributed by atoms with E-state index in [2.05, 4.69) is 29.1 Å². The Bertz CT molecular complexity index is 341. The maximum Gasteiger partial charge on any atom is 0.316 e. The molecule has 0 fully saturated rings. The predicted octanol–water partition coefficient (Wildman–Crippen LogP) is 2.32. The van der Waals surface area contributed by atoms with E-state index >= 15 is 0 Å². The van der Waals surface area contributed by atoms with E-state index in [0.717, 1.165) is 17.9 Å². The summed E-state index contributed by atoms with van der Waals surface area (Å²) in [6, 6.07) is 2.47. The molecule has 1 aromatic heterocycles. The second-order valence-electron chi connectivity index (χ2n) is 4.52. The largest absolute Gasteiger partial charge is 0.463 e.